The predicted octanol–water partition coefficient (Wildman–Crippen LogP) is 3.01. The van der Waals surface area contributed by atoms with E-state index < -0.39 is 0 Å². The minimum atomic E-state index is 0.146. The highest BCUT2D eigenvalue weighted by atomic mass is 14.5. The van der Waals surface area contributed by atoms with E-state index in [1.165, 1.54) is 0 Å². The van der Waals surface area contributed by atoms with Crippen molar-refractivity contribution in [1.29, 1.82) is 0 Å². The van der Waals surface area contributed by atoms with E-state index in [0.717, 1.165) is 11.3 Å². The average Bonchev–Trinajstić information content (AvgIpc) is 1.84. The molecule has 0 rings (SSSR count). The Kier molecular flexibility index (Phi) is 3.81. The van der Waals surface area contributed by atoms with Crippen LogP contribution >= 0.6 is 0 Å². The monoisotopic (exact) mass is 165 g/mol. The van der Waals surface area contributed by atoms with Crippen molar-refractivity contribution in [1.82, 2.24) is 0 Å². The van der Waals surface area contributed by atoms with E-state index >= 15 is 0 Å². The lowest BCUT2D eigenvalue weighted by Gasteiger charge is -2.18. The Morgan fingerprint density at radius 3 is 2.17 bits per heavy atom. The lowest BCUT2D eigenvalue weighted by Crippen LogP contribution is -2.05. The summed E-state index contributed by atoms with van der Waals surface area (Å²) in [4.78, 5) is 0. The molecule has 0 unspecified atom stereocenters. The lowest BCUT2D eigenvalue weighted by atomic mass is 9.87. The maximum absolute atomic E-state index is 5.47. The summed E-state index contributed by atoms with van der Waals surface area (Å²) in [6.45, 7) is 12.2. The molecule has 68 valence electrons. The molecule has 0 aromatic rings. The minimum Gasteiger partial charge on any atom is -0.402 e. The van der Waals surface area contributed by atoms with E-state index in [9.17, 15) is 0 Å². The highest BCUT2D eigenvalue weighted by Gasteiger charge is 2.10. The van der Waals surface area contributed by atoms with Crippen LogP contribution < -0.4 is 5.73 Å². The van der Waals surface area contributed by atoms with Crippen LogP contribution in [-0.2, 0) is 0 Å². The van der Waals surface area contributed by atoms with Crippen LogP contribution in [-0.4, -0.2) is 0 Å². The smallest absolute Gasteiger partial charge is 0.00488 e. The second-order valence-electron chi connectivity index (χ2n) is 4.05. The number of allylic oxidation sites excluding steroid dienone is 5. The molecule has 0 amide bonds. The third-order valence-corrected chi connectivity index (χ3v) is 1.62. The normalized spacial score (nSPS) is 13.8. The van der Waals surface area contributed by atoms with Crippen molar-refractivity contribution >= 4 is 0 Å². The zero-order valence-electron chi connectivity index (χ0n) is 8.52. The molecular weight excluding hydrogens is 146 g/mol. The quantitative estimate of drug-likeness (QED) is 0.625. The summed E-state index contributed by atoms with van der Waals surface area (Å²) in [6, 6.07) is 0. The largest absolute Gasteiger partial charge is 0.402 e. The van der Waals surface area contributed by atoms with Gasteiger partial charge in [0, 0.05) is 5.70 Å². The molecule has 0 aliphatic rings. The standard InChI is InChI=1S/C11H19N/c1-9(11(3,4)5)7-6-8-10(2)12/h6-8H,1,12H2,2-5H3/b7-6-,10-8-. The van der Waals surface area contributed by atoms with Gasteiger partial charge in [-0.2, -0.15) is 0 Å². The Hall–Kier alpha value is -0.980. The SMILES string of the molecule is C=C(/C=C\C=C(\C)N)C(C)(C)C. The van der Waals surface area contributed by atoms with Crippen molar-refractivity contribution in [2.24, 2.45) is 11.1 Å². The van der Waals surface area contributed by atoms with Gasteiger partial charge in [-0.3, -0.25) is 0 Å². The van der Waals surface area contributed by atoms with Gasteiger partial charge >= 0.3 is 0 Å². The molecule has 1 heteroatoms. The van der Waals surface area contributed by atoms with Crippen molar-refractivity contribution in [3.05, 3.63) is 36.1 Å². The molecule has 0 aromatic heterocycles. The highest BCUT2D eigenvalue weighted by molar-refractivity contribution is 5.24. The number of hydrogen-bond acceptors (Lipinski definition) is 1. The Morgan fingerprint density at radius 1 is 1.33 bits per heavy atom. The molecule has 0 saturated carbocycles. The molecule has 12 heavy (non-hydrogen) atoms. The first-order valence-electron chi connectivity index (χ1n) is 4.14. The second kappa shape index (κ2) is 4.15. The van der Waals surface area contributed by atoms with Crippen molar-refractivity contribution in [2.45, 2.75) is 27.7 Å². The van der Waals surface area contributed by atoms with Gasteiger partial charge in [-0.05, 0) is 24.0 Å². The minimum absolute atomic E-state index is 0.146. The van der Waals surface area contributed by atoms with Gasteiger partial charge in [0.2, 0.25) is 0 Å². The van der Waals surface area contributed by atoms with Crippen LogP contribution in [0.2, 0.25) is 0 Å². The molecule has 0 saturated heterocycles. The van der Waals surface area contributed by atoms with Crippen molar-refractivity contribution in [3.8, 4) is 0 Å². The summed E-state index contributed by atoms with van der Waals surface area (Å²) in [7, 11) is 0. The third-order valence-electron chi connectivity index (χ3n) is 1.62. The zero-order valence-corrected chi connectivity index (χ0v) is 8.52. The molecule has 0 aliphatic carbocycles. The van der Waals surface area contributed by atoms with Gasteiger partial charge in [-0.25, -0.2) is 0 Å². The van der Waals surface area contributed by atoms with Crippen LogP contribution in [0, 0.1) is 5.41 Å². The fourth-order valence-electron chi connectivity index (χ4n) is 0.566. The number of rotatable bonds is 2. The molecule has 0 fully saturated rings. The van der Waals surface area contributed by atoms with Gasteiger partial charge in [0.05, 0.1) is 0 Å². The van der Waals surface area contributed by atoms with Crippen LogP contribution in [0.25, 0.3) is 0 Å². The zero-order chi connectivity index (χ0) is 9.78. The predicted molar refractivity (Wildman–Crippen MR) is 55.7 cm³/mol. The van der Waals surface area contributed by atoms with E-state index in [2.05, 4.69) is 27.4 Å². The Balaban J connectivity index is 4.20. The molecule has 0 radical (unpaired) electrons. The number of hydrogen-bond donors (Lipinski definition) is 1. The molecule has 0 aliphatic heterocycles. The maximum atomic E-state index is 5.47. The second-order valence-corrected chi connectivity index (χ2v) is 4.05. The van der Waals surface area contributed by atoms with Crippen LogP contribution in [0.5, 0.6) is 0 Å². The molecule has 0 aromatic carbocycles. The van der Waals surface area contributed by atoms with Crippen LogP contribution in [0.1, 0.15) is 27.7 Å². The topological polar surface area (TPSA) is 26.0 Å². The molecule has 0 heterocycles. The first-order chi connectivity index (χ1) is 5.34. The fraction of sp³-hybridized carbons (Fsp3) is 0.455. The summed E-state index contributed by atoms with van der Waals surface area (Å²) >= 11 is 0. The van der Waals surface area contributed by atoms with Crippen LogP contribution in [0.15, 0.2) is 36.1 Å². The lowest BCUT2D eigenvalue weighted by molar-refractivity contribution is 0.519. The van der Waals surface area contributed by atoms with Crippen molar-refractivity contribution < 1.29 is 0 Å². The third kappa shape index (κ3) is 4.78. The van der Waals surface area contributed by atoms with Gasteiger partial charge in [-0.15, -0.1) is 0 Å². The van der Waals surface area contributed by atoms with Crippen molar-refractivity contribution in [3.63, 3.8) is 0 Å². The molecule has 1 nitrogen and oxygen atoms in total. The summed E-state index contributed by atoms with van der Waals surface area (Å²) < 4.78 is 0. The Bertz CT molecular complexity index is 210. The van der Waals surface area contributed by atoms with Gasteiger partial charge in [0.15, 0.2) is 0 Å². The Labute approximate surface area is 75.7 Å². The average molecular weight is 165 g/mol. The van der Waals surface area contributed by atoms with E-state index in [-0.39, 0.29) is 5.41 Å². The molecule has 0 atom stereocenters. The van der Waals surface area contributed by atoms with E-state index in [1.807, 2.05) is 25.2 Å². The molecule has 2 N–H and O–H groups in total. The summed E-state index contributed by atoms with van der Waals surface area (Å²) in [5.41, 5.74) is 7.54. The summed E-state index contributed by atoms with van der Waals surface area (Å²) in [5.74, 6) is 0. The molecular formula is C11H19N. The summed E-state index contributed by atoms with van der Waals surface area (Å²) in [5, 5.41) is 0. The van der Waals surface area contributed by atoms with Gasteiger partial charge in [-0.1, -0.05) is 39.5 Å². The van der Waals surface area contributed by atoms with Crippen LogP contribution in [0.4, 0.5) is 0 Å². The van der Waals surface area contributed by atoms with E-state index in [0.29, 0.717) is 0 Å². The van der Waals surface area contributed by atoms with Crippen molar-refractivity contribution in [2.75, 3.05) is 0 Å². The van der Waals surface area contributed by atoms with Gasteiger partial charge in [0.1, 0.15) is 0 Å². The molecule has 0 bridgehead atoms. The highest BCUT2D eigenvalue weighted by Crippen LogP contribution is 2.24. The van der Waals surface area contributed by atoms with E-state index in [1.54, 1.807) is 0 Å². The Morgan fingerprint density at radius 2 is 1.83 bits per heavy atom. The summed E-state index contributed by atoms with van der Waals surface area (Å²) in [6.07, 6.45) is 5.80. The maximum Gasteiger partial charge on any atom is 0.00488 e. The number of nitrogens with two attached hydrogens (primary N) is 1. The van der Waals surface area contributed by atoms with E-state index in [4.69, 9.17) is 5.73 Å². The van der Waals surface area contributed by atoms with Gasteiger partial charge in [0.25, 0.3) is 0 Å². The molecule has 0 spiro atoms. The first kappa shape index (κ1) is 11.0. The fourth-order valence-corrected chi connectivity index (χ4v) is 0.566. The van der Waals surface area contributed by atoms with Gasteiger partial charge < -0.3 is 5.73 Å². The van der Waals surface area contributed by atoms with Crippen LogP contribution in [0.3, 0.4) is 0 Å². The first-order valence-corrected chi connectivity index (χ1v) is 4.14.